The summed E-state index contributed by atoms with van der Waals surface area (Å²) in [5, 5.41) is 0. The quantitative estimate of drug-likeness (QED) is 0.284. The third kappa shape index (κ3) is 5.52. The lowest BCUT2D eigenvalue weighted by Gasteiger charge is -2.08. The van der Waals surface area contributed by atoms with Crippen molar-refractivity contribution in [1.82, 2.24) is 15.0 Å². The fourth-order valence-corrected chi connectivity index (χ4v) is 2.94. The van der Waals surface area contributed by atoms with E-state index in [0.29, 0.717) is 30.4 Å². The molecule has 1 N–H and O–H groups in total. The number of aromatic nitrogens is 3. The van der Waals surface area contributed by atoms with Gasteiger partial charge in [-0.3, -0.25) is 4.79 Å². The van der Waals surface area contributed by atoms with Gasteiger partial charge in [0.1, 0.15) is 17.9 Å². The Morgan fingerprint density at radius 3 is 2.59 bits per heavy atom. The highest BCUT2D eigenvalue weighted by molar-refractivity contribution is 5.91. The molecule has 0 bridgehead atoms. The second-order valence-corrected chi connectivity index (χ2v) is 6.61. The van der Waals surface area contributed by atoms with Gasteiger partial charge in [-0.15, -0.1) is 0 Å². The van der Waals surface area contributed by atoms with Crippen LogP contribution in [0.15, 0.2) is 41.3 Å². The van der Waals surface area contributed by atoms with Crippen molar-refractivity contribution in [2.45, 2.75) is 44.7 Å². The Morgan fingerprint density at radius 1 is 1.10 bits per heavy atom. The first-order valence-corrected chi connectivity index (χ1v) is 9.18. The first-order chi connectivity index (χ1) is 13.8. The Morgan fingerprint density at radius 2 is 1.90 bits per heavy atom. The highest BCUT2D eigenvalue weighted by Crippen LogP contribution is 2.32. The number of carbonyl (C=O) groups is 1. The first-order valence-electron chi connectivity index (χ1n) is 9.18. The molecule has 0 atom stereocenters. The molecule has 0 spiro atoms. The zero-order valence-corrected chi connectivity index (χ0v) is 15.4. The maximum absolute atomic E-state index is 14.0. The van der Waals surface area contributed by atoms with E-state index < -0.39 is 17.6 Å². The van der Waals surface area contributed by atoms with E-state index in [1.165, 1.54) is 18.7 Å². The van der Waals surface area contributed by atoms with E-state index in [1.807, 2.05) is 0 Å². The first kappa shape index (κ1) is 20.8. The van der Waals surface area contributed by atoms with Gasteiger partial charge in [-0.2, -0.15) is 13.2 Å². The Kier molecular flexibility index (Phi) is 6.46. The predicted molar refractivity (Wildman–Crippen MR) is 96.6 cm³/mol. The molecule has 0 radical (unpaired) electrons. The maximum Gasteiger partial charge on any atom is 0.416 e. The number of unbranched alkanes of at least 4 members (excludes halogenated alkanes) is 3. The van der Waals surface area contributed by atoms with Crippen LogP contribution in [0.2, 0.25) is 0 Å². The summed E-state index contributed by atoms with van der Waals surface area (Å²) in [4.78, 5) is 22.7. The van der Waals surface area contributed by atoms with Crippen LogP contribution in [0.5, 0.6) is 0 Å². The summed E-state index contributed by atoms with van der Waals surface area (Å²) in [6.45, 7) is 0. The van der Waals surface area contributed by atoms with E-state index in [4.69, 9.17) is 4.42 Å². The number of halogens is 4. The molecule has 0 aliphatic carbocycles. The van der Waals surface area contributed by atoms with Crippen LogP contribution in [-0.2, 0) is 12.6 Å². The summed E-state index contributed by atoms with van der Waals surface area (Å²) in [7, 11) is 0. The third-order valence-electron chi connectivity index (χ3n) is 4.45. The van der Waals surface area contributed by atoms with E-state index in [0.717, 1.165) is 37.8 Å². The van der Waals surface area contributed by atoms with Crippen LogP contribution >= 0.6 is 0 Å². The number of imidazole rings is 1. The molecule has 0 fully saturated rings. The average Bonchev–Trinajstić information content (AvgIpc) is 3.35. The van der Waals surface area contributed by atoms with Crippen LogP contribution < -0.4 is 0 Å². The van der Waals surface area contributed by atoms with Crippen molar-refractivity contribution in [2.75, 3.05) is 0 Å². The molecular weight excluding hydrogens is 390 g/mol. The van der Waals surface area contributed by atoms with Crippen LogP contribution in [0.4, 0.5) is 17.6 Å². The number of benzene rings is 1. The molecule has 1 aromatic carbocycles. The van der Waals surface area contributed by atoms with Crippen LogP contribution in [0.25, 0.3) is 11.3 Å². The molecule has 0 unspecified atom stereocenters. The normalized spacial score (nSPS) is 11.7. The Labute approximate surface area is 164 Å². The van der Waals surface area contributed by atoms with Crippen molar-refractivity contribution in [2.24, 2.45) is 0 Å². The number of hydrogen-bond donors (Lipinski definition) is 1. The Balaban J connectivity index is 1.44. The van der Waals surface area contributed by atoms with Crippen molar-refractivity contribution >= 4 is 5.78 Å². The lowest BCUT2D eigenvalue weighted by atomic mass is 10.1. The lowest BCUT2D eigenvalue weighted by Crippen LogP contribution is -2.05. The lowest BCUT2D eigenvalue weighted by molar-refractivity contribution is -0.137. The molecule has 9 heteroatoms. The van der Waals surface area contributed by atoms with Crippen molar-refractivity contribution in [3.05, 3.63) is 60.0 Å². The molecule has 0 amide bonds. The summed E-state index contributed by atoms with van der Waals surface area (Å²) in [5.41, 5.74) is -0.649. The molecule has 2 aromatic heterocycles. The van der Waals surface area contributed by atoms with E-state index in [-0.39, 0.29) is 17.2 Å². The van der Waals surface area contributed by atoms with E-state index >= 15 is 0 Å². The number of hydrogen-bond acceptors (Lipinski definition) is 4. The number of H-pyrrole nitrogens is 1. The smallest absolute Gasteiger partial charge is 0.416 e. The number of aromatic amines is 1. The van der Waals surface area contributed by atoms with Crippen molar-refractivity contribution < 1.29 is 26.8 Å². The molecule has 3 aromatic rings. The summed E-state index contributed by atoms with van der Waals surface area (Å²) < 4.78 is 56.9. The summed E-state index contributed by atoms with van der Waals surface area (Å²) in [5.74, 6) is -0.311. The highest BCUT2D eigenvalue weighted by atomic mass is 19.4. The minimum Gasteiger partial charge on any atom is -0.442 e. The summed E-state index contributed by atoms with van der Waals surface area (Å²) in [6, 6.07) is 2.42. The number of alkyl halides is 3. The fourth-order valence-electron chi connectivity index (χ4n) is 2.94. The molecule has 154 valence electrons. The zero-order chi connectivity index (χ0) is 20.9. The largest absolute Gasteiger partial charge is 0.442 e. The van der Waals surface area contributed by atoms with Gasteiger partial charge < -0.3 is 9.40 Å². The van der Waals surface area contributed by atoms with Gasteiger partial charge >= 0.3 is 6.18 Å². The number of ketones is 1. The number of rotatable bonds is 9. The van der Waals surface area contributed by atoms with Gasteiger partial charge in [0.25, 0.3) is 5.89 Å². The number of nitrogens with zero attached hydrogens (tertiary/aromatic N) is 2. The van der Waals surface area contributed by atoms with Crippen molar-refractivity contribution in [3.63, 3.8) is 0 Å². The van der Waals surface area contributed by atoms with Gasteiger partial charge in [-0.25, -0.2) is 14.4 Å². The van der Waals surface area contributed by atoms with Gasteiger partial charge in [0.05, 0.1) is 23.7 Å². The van der Waals surface area contributed by atoms with Crippen LogP contribution in [0.1, 0.15) is 54.2 Å². The Bertz CT molecular complexity index is 949. The molecule has 2 heterocycles. The number of carbonyl (C=O) groups excluding carboxylic acids is 1. The van der Waals surface area contributed by atoms with Crippen molar-refractivity contribution in [1.29, 1.82) is 0 Å². The molecule has 0 saturated carbocycles. The van der Waals surface area contributed by atoms with Gasteiger partial charge in [0.2, 0.25) is 5.78 Å². The Hall–Kier alpha value is -2.97. The second-order valence-electron chi connectivity index (χ2n) is 6.61. The van der Waals surface area contributed by atoms with Gasteiger partial charge in [-0.05, 0) is 31.0 Å². The van der Waals surface area contributed by atoms with Crippen LogP contribution in [-0.4, -0.2) is 20.7 Å². The van der Waals surface area contributed by atoms with Gasteiger partial charge in [0.15, 0.2) is 0 Å². The minimum absolute atomic E-state index is 0.0433. The minimum atomic E-state index is -4.59. The number of Topliss-reactive ketones (excluding diaryl/α,β-unsaturated/α-hetero) is 1. The van der Waals surface area contributed by atoms with E-state index in [9.17, 15) is 22.4 Å². The average molecular weight is 409 g/mol. The topological polar surface area (TPSA) is 71.8 Å². The summed E-state index contributed by atoms with van der Waals surface area (Å²) >= 11 is 0. The predicted octanol–water partition coefficient (Wildman–Crippen LogP) is 5.60. The monoisotopic (exact) mass is 409 g/mol. The fraction of sp³-hybridized carbons (Fsp3) is 0.350. The maximum atomic E-state index is 14.0. The van der Waals surface area contributed by atoms with Crippen molar-refractivity contribution in [3.8, 4) is 11.3 Å². The molecule has 5 nitrogen and oxygen atoms in total. The molecule has 0 aliphatic heterocycles. The van der Waals surface area contributed by atoms with Gasteiger partial charge in [-0.1, -0.05) is 12.8 Å². The molecular formula is C20H19F4N3O2. The van der Waals surface area contributed by atoms with Gasteiger partial charge in [0, 0.05) is 18.4 Å². The number of nitrogens with one attached hydrogen (secondary N) is 1. The SMILES string of the molecule is O=C(CCCCCCc1ncc(-c2ccc(C(F)(F)F)cc2F)[nH]1)c1ncco1. The third-order valence-corrected chi connectivity index (χ3v) is 4.45. The number of aryl methyl sites for hydroxylation is 1. The standard InChI is InChI=1S/C20H19F4N3O2/c21-15-11-13(20(22,23)24)7-8-14(15)16-12-26-18(27-16)6-4-2-1-3-5-17(28)19-25-9-10-29-19/h7-12H,1-6H2,(H,26,27). The van der Waals surface area contributed by atoms with Crippen LogP contribution in [0.3, 0.4) is 0 Å². The van der Waals surface area contributed by atoms with E-state index in [2.05, 4.69) is 15.0 Å². The molecule has 0 aliphatic rings. The zero-order valence-electron chi connectivity index (χ0n) is 15.4. The second kappa shape index (κ2) is 9.02. The molecule has 0 saturated heterocycles. The molecule has 29 heavy (non-hydrogen) atoms. The highest BCUT2D eigenvalue weighted by Gasteiger charge is 2.31. The molecule has 3 rings (SSSR count). The van der Waals surface area contributed by atoms with Crippen LogP contribution in [0, 0.1) is 5.82 Å². The number of oxazole rings is 1. The summed E-state index contributed by atoms with van der Waals surface area (Å²) in [6.07, 6.45) is 3.89. The van der Waals surface area contributed by atoms with E-state index in [1.54, 1.807) is 0 Å².